The number of hydrogen-bond acceptors (Lipinski definition) is 4. The smallest absolute Gasteiger partial charge is 0.422 e. The lowest BCUT2D eigenvalue weighted by Gasteiger charge is -2.40. The molecule has 1 aliphatic carbocycles. The molecule has 150 valence electrons. The summed E-state index contributed by atoms with van der Waals surface area (Å²) in [6, 6.07) is 6.09. The van der Waals surface area contributed by atoms with Crippen LogP contribution in [0.15, 0.2) is 24.3 Å². The van der Waals surface area contributed by atoms with Crippen LogP contribution in [0.1, 0.15) is 32.1 Å². The van der Waals surface area contributed by atoms with Gasteiger partial charge in [0.15, 0.2) is 6.61 Å². The third-order valence-electron chi connectivity index (χ3n) is 5.61. The maximum absolute atomic E-state index is 13.0. The minimum Gasteiger partial charge on any atom is -0.484 e. The Morgan fingerprint density at radius 1 is 1.11 bits per heavy atom. The second-order valence-electron chi connectivity index (χ2n) is 7.54. The van der Waals surface area contributed by atoms with Gasteiger partial charge in [0.25, 0.3) is 0 Å². The van der Waals surface area contributed by atoms with Crippen molar-refractivity contribution in [2.45, 2.75) is 43.9 Å². The number of alkyl halides is 3. The highest BCUT2D eigenvalue weighted by molar-refractivity contribution is 6.00. The van der Waals surface area contributed by atoms with Gasteiger partial charge in [0, 0.05) is 19.3 Å². The molecule has 1 heterocycles. The van der Waals surface area contributed by atoms with Crippen molar-refractivity contribution in [1.82, 2.24) is 0 Å². The highest BCUT2D eigenvalue weighted by atomic mass is 19.4. The Hall–Kier alpha value is -1.80. The number of carbonyl (C=O) groups excluding carboxylic acids is 1. The average molecular weight is 387 g/mol. The van der Waals surface area contributed by atoms with Crippen LogP contribution in [0, 0.1) is 5.41 Å². The molecule has 3 rings (SSSR count). The van der Waals surface area contributed by atoms with Crippen LogP contribution in [-0.4, -0.2) is 49.7 Å². The van der Waals surface area contributed by atoms with E-state index in [0.29, 0.717) is 44.3 Å². The van der Waals surface area contributed by atoms with Crippen LogP contribution < -0.4 is 9.64 Å². The lowest BCUT2D eigenvalue weighted by molar-refractivity contribution is -0.153. The standard InChI is InChI=1S/C19H24F3NO4/c1-26-12-18(25)8-6-17(7-9-18)10-11-23(16(17)24)14-2-4-15(5-3-14)27-13-19(20,21)22/h2-5,25H,6-13H2,1H3. The van der Waals surface area contributed by atoms with Crippen molar-refractivity contribution in [2.24, 2.45) is 5.41 Å². The van der Waals surface area contributed by atoms with E-state index < -0.39 is 23.8 Å². The Bertz CT molecular complexity index is 667. The number of anilines is 1. The second kappa shape index (κ2) is 7.31. The molecule has 0 radical (unpaired) electrons. The van der Waals surface area contributed by atoms with Gasteiger partial charge >= 0.3 is 6.18 Å². The molecule has 27 heavy (non-hydrogen) atoms. The Labute approximate surface area is 156 Å². The summed E-state index contributed by atoms with van der Waals surface area (Å²) < 4.78 is 46.4. The van der Waals surface area contributed by atoms with Gasteiger partial charge in [-0.05, 0) is 56.4 Å². The molecule has 0 atom stereocenters. The van der Waals surface area contributed by atoms with E-state index in [1.807, 2.05) is 0 Å². The van der Waals surface area contributed by atoms with Crippen molar-refractivity contribution < 1.29 is 32.5 Å². The summed E-state index contributed by atoms with van der Waals surface area (Å²) in [4.78, 5) is 14.7. The van der Waals surface area contributed by atoms with Crippen LogP contribution in [0.25, 0.3) is 0 Å². The van der Waals surface area contributed by atoms with Gasteiger partial charge in [-0.1, -0.05) is 0 Å². The van der Waals surface area contributed by atoms with Crippen LogP contribution in [0.5, 0.6) is 5.75 Å². The summed E-state index contributed by atoms with van der Waals surface area (Å²) in [5.74, 6) is 0.130. The average Bonchev–Trinajstić information content (AvgIpc) is 2.93. The number of benzene rings is 1. The fourth-order valence-electron chi connectivity index (χ4n) is 4.03. The fraction of sp³-hybridized carbons (Fsp3) is 0.632. The van der Waals surface area contributed by atoms with E-state index >= 15 is 0 Å². The molecule has 5 nitrogen and oxygen atoms in total. The fourth-order valence-corrected chi connectivity index (χ4v) is 4.03. The molecule has 2 fully saturated rings. The van der Waals surface area contributed by atoms with Crippen molar-refractivity contribution in [1.29, 1.82) is 0 Å². The monoisotopic (exact) mass is 387 g/mol. The molecule has 1 spiro atoms. The highest BCUT2D eigenvalue weighted by Crippen LogP contribution is 2.48. The van der Waals surface area contributed by atoms with Gasteiger partial charge in [0.05, 0.1) is 17.6 Å². The molecule has 1 aliphatic heterocycles. The summed E-state index contributed by atoms with van der Waals surface area (Å²) >= 11 is 0. The number of methoxy groups -OCH3 is 1. The zero-order valence-corrected chi connectivity index (χ0v) is 15.2. The van der Waals surface area contributed by atoms with Crippen LogP contribution in [0.4, 0.5) is 18.9 Å². The number of hydrogen-bond donors (Lipinski definition) is 1. The van der Waals surface area contributed by atoms with Gasteiger partial charge in [-0.25, -0.2) is 0 Å². The number of rotatable bonds is 5. The van der Waals surface area contributed by atoms with Crippen molar-refractivity contribution in [3.63, 3.8) is 0 Å². The van der Waals surface area contributed by atoms with Gasteiger partial charge in [0.2, 0.25) is 5.91 Å². The van der Waals surface area contributed by atoms with E-state index in [-0.39, 0.29) is 18.3 Å². The largest absolute Gasteiger partial charge is 0.484 e. The quantitative estimate of drug-likeness (QED) is 0.842. The number of carbonyl (C=O) groups is 1. The van der Waals surface area contributed by atoms with Gasteiger partial charge in [-0.3, -0.25) is 4.79 Å². The third-order valence-corrected chi connectivity index (χ3v) is 5.61. The molecular weight excluding hydrogens is 363 g/mol. The predicted octanol–water partition coefficient (Wildman–Crippen LogP) is 3.30. The number of halogens is 3. The molecule has 1 N–H and O–H groups in total. The van der Waals surface area contributed by atoms with Gasteiger partial charge < -0.3 is 19.5 Å². The van der Waals surface area contributed by atoms with Crippen molar-refractivity contribution in [3.05, 3.63) is 24.3 Å². The maximum atomic E-state index is 13.0. The lowest BCUT2D eigenvalue weighted by atomic mass is 9.68. The zero-order chi connectivity index (χ0) is 19.7. The summed E-state index contributed by atoms with van der Waals surface area (Å²) in [5, 5.41) is 10.5. The zero-order valence-electron chi connectivity index (χ0n) is 15.2. The summed E-state index contributed by atoms with van der Waals surface area (Å²) in [6.45, 7) is -0.521. The highest BCUT2D eigenvalue weighted by Gasteiger charge is 2.51. The first-order valence-corrected chi connectivity index (χ1v) is 8.99. The van der Waals surface area contributed by atoms with E-state index in [1.54, 1.807) is 24.1 Å². The van der Waals surface area contributed by atoms with Gasteiger partial charge in [-0.15, -0.1) is 0 Å². The third kappa shape index (κ3) is 4.38. The SMILES string of the molecule is COCC1(O)CCC2(CCN(c3ccc(OCC(F)(F)F)cc3)C2=O)CC1. The Kier molecular flexibility index (Phi) is 5.40. The molecule has 8 heteroatoms. The first-order chi connectivity index (χ1) is 12.7. The van der Waals surface area contributed by atoms with Gasteiger partial charge in [0.1, 0.15) is 5.75 Å². The summed E-state index contributed by atoms with van der Waals surface area (Å²) in [7, 11) is 1.55. The maximum Gasteiger partial charge on any atom is 0.422 e. The summed E-state index contributed by atoms with van der Waals surface area (Å²) in [6.07, 6.45) is -1.43. The number of nitrogens with zero attached hydrogens (tertiary/aromatic N) is 1. The summed E-state index contributed by atoms with van der Waals surface area (Å²) in [5.41, 5.74) is -0.690. The van der Waals surface area contributed by atoms with Crippen LogP contribution in [-0.2, 0) is 9.53 Å². The first-order valence-electron chi connectivity index (χ1n) is 8.99. The van der Waals surface area contributed by atoms with Crippen molar-refractivity contribution in [2.75, 3.05) is 31.8 Å². The molecule has 1 saturated heterocycles. The molecule has 0 unspecified atom stereocenters. The molecule has 1 saturated carbocycles. The first kappa shape index (κ1) is 19.9. The normalized spacial score (nSPS) is 28.8. The number of aliphatic hydroxyl groups is 1. The minimum atomic E-state index is -4.39. The van der Waals surface area contributed by atoms with Crippen LogP contribution in [0.2, 0.25) is 0 Å². The molecule has 1 aromatic carbocycles. The molecule has 1 amide bonds. The van der Waals surface area contributed by atoms with Gasteiger partial charge in [-0.2, -0.15) is 13.2 Å². The second-order valence-corrected chi connectivity index (χ2v) is 7.54. The Morgan fingerprint density at radius 2 is 1.74 bits per heavy atom. The van der Waals surface area contributed by atoms with Crippen molar-refractivity contribution >= 4 is 11.6 Å². The van der Waals surface area contributed by atoms with E-state index in [0.717, 1.165) is 0 Å². The molecule has 0 bridgehead atoms. The van der Waals surface area contributed by atoms with Crippen LogP contribution in [0.3, 0.4) is 0 Å². The Balaban J connectivity index is 1.64. The van der Waals surface area contributed by atoms with E-state index in [4.69, 9.17) is 9.47 Å². The predicted molar refractivity (Wildman–Crippen MR) is 92.7 cm³/mol. The molecular formula is C19H24F3NO4. The van der Waals surface area contributed by atoms with Crippen molar-refractivity contribution in [3.8, 4) is 5.75 Å². The minimum absolute atomic E-state index is 0.0194. The molecule has 1 aromatic rings. The molecule has 2 aliphatic rings. The van der Waals surface area contributed by atoms with E-state index in [2.05, 4.69) is 0 Å². The van der Waals surface area contributed by atoms with E-state index in [9.17, 15) is 23.1 Å². The topological polar surface area (TPSA) is 59.0 Å². The molecule has 0 aromatic heterocycles. The number of amides is 1. The lowest BCUT2D eigenvalue weighted by Crippen LogP contribution is -2.45. The number of ether oxygens (including phenoxy) is 2. The van der Waals surface area contributed by atoms with E-state index in [1.165, 1.54) is 12.1 Å². The Morgan fingerprint density at radius 3 is 2.30 bits per heavy atom. The van der Waals surface area contributed by atoms with Crippen LogP contribution >= 0.6 is 0 Å².